The Hall–Kier alpha value is -1.84. The highest BCUT2D eigenvalue weighted by Crippen LogP contribution is 2.19. The van der Waals surface area contributed by atoms with Gasteiger partial charge in [0, 0.05) is 17.6 Å². The number of rotatable bonds is 2. The van der Waals surface area contributed by atoms with E-state index in [1.165, 1.54) is 0 Å². The number of aromatic nitrogens is 2. The number of aromatic carboxylic acids is 1. The third-order valence-electron chi connectivity index (χ3n) is 2.66. The highest BCUT2D eigenvalue weighted by atomic mass is 16.4. The second kappa shape index (κ2) is 3.63. The zero-order chi connectivity index (χ0) is 11.9. The Morgan fingerprint density at radius 1 is 1.44 bits per heavy atom. The van der Waals surface area contributed by atoms with Crippen molar-refractivity contribution in [1.29, 1.82) is 0 Å². The first kappa shape index (κ1) is 10.7. The molecular formula is C12H14N2O2. The molecule has 0 radical (unpaired) electrons. The van der Waals surface area contributed by atoms with Crippen LogP contribution in [0.4, 0.5) is 0 Å². The molecule has 0 saturated carbocycles. The lowest BCUT2D eigenvalue weighted by atomic mass is 10.1. The number of carboxylic acids is 1. The lowest BCUT2D eigenvalue weighted by Gasteiger charge is -2.08. The fraction of sp³-hybridized carbons (Fsp3) is 0.333. The summed E-state index contributed by atoms with van der Waals surface area (Å²) in [6.07, 6.45) is 1.80. The molecule has 0 fully saturated rings. The minimum absolute atomic E-state index is 0.283. The maximum Gasteiger partial charge on any atom is 0.335 e. The molecule has 0 spiro atoms. The van der Waals surface area contributed by atoms with Gasteiger partial charge in [0.2, 0.25) is 0 Å². The van der Waals surface area contributed by atoms with Crippen LogP contribution in [0, 0.1) is 6.92 Å². The monoisotopic (exact) mass is 218 g/mol. The summed E-state index contributed by atoms with van der Waals surface area (Å²) in [6, 6.07) is 3.27. The van der Waals surface area contributed by atoms with Gasteiger partial charge in [-0.2, -0.15) is 0 Å². The average molecular weight is 218 g/mol. The van der Waals surface area contributed by atoms with Gasteiger partial charge in [0.15, 0.2) is 0 Å². The van der Waals surface area contributed by atoms with Crippen molar-refractivity contribution in [3.8, 4) is 0 Å². The van der Waals surface area contributed by atoms with E-state index in [2.05, 4.69) is 18.8 Å². The van der Waals surface area contributed by atoms with Gasteiger partial charge in [0.1, 0.15) is 5.65 Å². The van der Waals surface area contributed by atoms with Crippen molar-refractivity contribution in [1.82, 2.24) is 9.38 Å². The molecule has 4 heteroatoms. The summed E-state index contributed by atoms with van der Waals surface area (Å²) < 4.78 is 2.00. The van der Waals surface area contributed by atoms with Crippen LogP contribution < -0.4 is 0 Å². The molecule has 0 aliphatic heterocycles. The summed E-state index contributed by atoms with van der Waals surface area (Å²) >= 11 is 0. The number of carbonyl (C=O) groups is 1. The van der Waals surface area contributed by atoms with Crippen molar-refractivity contribution in [2.45, 2.75) is 26.7 Å². The predicted octanol–water partition coefficient (Wildman–Crippen LogP) is 2.46. The van der Waals surface area contributed by atoms with Gasteiger partial charge in [-0.15, -0.1) is 0 Å². The van der Waals surface area contributed by atoms with Crippen LogP contribution in [0.25, 0.3) is 5.65 Å². The molecule has 4 nitrogen and oxygen atoms in total. The van der Waals surface area contributed by atoms with Gasteiger partial charge in [0.25, 0.3) is 0 Å². The van der Waals surface area contributed by atoms with Crippen LogP contribution in [0.15, 0.2) is 18.3 Å². The number of hydrogen-bond acceptors (Lipinski definition) is 2. The van der Waals surface area contributed by atoms with E-state index in [4.69, 9.17) is 5.11 Å². The molecule has 0 amide bonds. The van der Waals surface area contributed by atoms with Gasteiger partial charge in [-0.3, -0.25) is 0 Å². The Kier molecular flexibility index (Phi) is 2.42. The summed E-state index contributed by atoms with van der Waals surface area (Å²) in [5.41, 5.74) is 2.98. The fourth-order valence-electron chi connectivity index (χ4n) is 1.87. The molecule has 0 unspecified atom stereocenters. The molecule has 0 saturated heterocycles. The standard InChI is InChI=1S/C12H14N2O2/c1-7(2)10-6-13-11-5-9(12(15)16)4-8(3)14(10)11/h4-7H,1-3H3,(H,15,16). The SMILES string of the molecule is Cc1cc(C(=O)O)cc2ncc(C(C)C)n12. The number of pyridine rings is 1. The molecule has 0 bridgehead atoms. The first-order valence-electron chi connectivity index (χ1n) is 5.22. The zero-order valence-electron chi connectivity index (χ0n) is 9.56. The van der Waals surface area contributed by atoms with E-state index in [9.17, 15) is 4.79 Å². The number of aryl methyl sites for hydroxylation is 1. The molecule has 2 heterocycles. The largest absolute Gasteiger partial charge is 0.478 e. The maximum atomic E-state index is 10.9. The van der Waals surface area contributed by atoms with E-state index in [1.54, 1.807) is 18.3 Å². The number of fused-ring (bicyclic) bond motifs is 1. The van der Waals surface area contributed by atoms with Crippen molar-refractivity contribution in [3.05, 3.63) is 35.3 Å². The molecule has 2 aromatic rings. The summed E-state index contributed by atoms with van der Waals surface area (Å²) in [6.45, 7) is 6.08. The maximum absolute atomic E-state index is 10.9. The number of hydrogen-bond donors (Lipinski definition) is 1. The Bertz CT molecular complexity index is 555. The Balaban J connectivity index is 2.73. The summed E-state index contributed by atoms with van der Waals surface area (Å²) in [5.74, 6) is -0.552. The summed E-state index contributed by atoms with van der Waals surface area (Å²) in [5, 5.41) is 8.95. The minimum atomic E-state index is -0.917. The van der Waals surface area contributed by atoms with E-state index in [0.717, 1.165) is 11.4 Å². The van der Waals surface area contributed by atoms with Crippen LogP contribution in [0.1, 0.15) is 41.5 Å². The van der Waals surface area contributed by atoms with Gasteiger partial charge in [-0.25, -0.2) is 9.78 Å². The van der Waals surface area contributed by atoms with Crippen LogP contribution in [0.2, 0.25) is 0 Å². The van der Waals surface area contributed by atoms with Crippen molar-refractivity contribution < 1.29 is 9.90 Å². The summed E-state index contributed by atoms with van der Waals surface area (Å²) in [7, 11) is 0. The Morgan fingerprint density at radius 3 is 2.69 bits per heavy atom. The number of imidazole rings is 1. The van der Waals surface area contributed by atoms with Crippen LogP contribution in [-0.4, -0.2) is 20.5 Å². The molecular weight excluding hydrogens is 204 g/mol. The highest BCUT2D eigenvalue weighted by Gasteiger charge is 2.12. The molecule has 16 heavy (non-hydrogen) atoms. The fourth-order valence-corrected chi connectivity index (χ4v) is 1.87. The molecule has 1 N–H and O–H groups in total. The predicted molar refractivity (Wildman–Crippen MR) is 61.0 cm³/mol. The summed E-state index contributed by atoms with van der Waals surface area (Å²) in [4.78, 5) is 15.1. The van der Waals surface area contributed by atoms with E-state index in [1.807, 2.05) is 11.3 Å². The molecule has 0 aliphatic rings. The van der Waals surface area contributed by atoms with Gasteiger partial charge >= 0.3 is 5.97 Å². The lowest BCUT2D eigenvalue weighted by Crippen LogP contribution is -2.03. The first-order chi connectivity index (χ1) is 7.50. The molecule has 2 rings (SSSR count). The molecule has 2 aromatic heterocycles. The second-order valence-electron chi connectivity index (χ2n) is 4.22. The van der Waals surface area contributed by atoms with Gasteiger partial charge in [0.05, 0.1) is 5.56 Å². The lowest BCUT2D eigenvalue weighted by molar-refractivity contribution is 0.0696. The van der Waals surface area contributed by atoms with Crippen molar-refractivity contribution in [2.75, 3.05) is 0 Å². The molecule has 0 aromatic carbocycles. The topological polar surface area (TPSA) is 54.6 Å². The average Bonchev–Trinajstić information content (AvgIpc) is 2.61. The van der Waals surface area contributed by atoms with Crippen molar-refractivity contribution in [2.24, 2.45) is 0 Å². The van der Waals surface area contributed by atoms with E-state index in [-0.39, 0.29) is 5.56 Å². The third-order valence-corrected chi connectivity index (χ3v) is 2.66. The normalized spacial score (nSPS) is 11.2. The van der Waals surface area contributed by atoms with E-state index in [0.29, 0.717) is 11.6 Å². The smallest absolute Gasteiger partial charge is 0.335 e. The van der Waals surface area contributed by atoms with Gasteiger partial charge in [-0.05, 0) is 25.0 Å². The van der Waals surface area contributed by atoms with Gasteiger partial charge < -0.3 is 9.51 Å². The second-order valence-corrected chi connectivity index (χ2v) is 4.22. The minimum Gasteiger partial charge on any atom is -0.478 e. The third kappa shape index (κ3) is 1.56. The molecule has 0 atom stereocenters. The quantitative estimate of drug-likeness (QED) is 0.842. The van der Waals surface area contributed by atoms with Crippen molar-refractivity contribution in [3.63, 3.8) is 0 Å². The zero-order valence-corrected chi connectivity index (χ0v) is 9.56. The van der Waals surface area contributed by atoms with Crippen molar-refractivity contribution >= 4 is 11.6 Å². The van der Waals surface area contributed by atoms with Crippen LogP contribution in [0.3, 0.4) is 0 Å². The van der Waals surface area contributed by atoms with Gasteiger partial charge in [-0.1, -0.05) is 13.8 Å². The highest BCUT2D eigenvalue weighted by molar-refractivity contribution is 5.89. The number of carboxylic acid groups (broad SMARTS) is 1. The van der Waals surface area contributed by atoms with E-state index < -0.39 is 5.97 Å². The van der Waals surface area contributed by atoms with Crippen LogP contribution in [0.5, 0.6) is 0 Å². The molecule has 0 aliphatic carbocycles. The van der Waals surface area contributed by atoms with Crippen LogP contribution in [-0.2, 0) is 0 Å². The Morgan fingerprint density at radius 2 is 2.12 bits per heavy atom. The van der Waals surface area contributed by atoms with E-state index >= 15 is 0 Å². The molecule has 84 valence electrons. The van der Waals surface area contributed by atoms with Crippen LogP contribution >= 0.6 is 0 Å². The Labute approximate surface area is 93.5 Å². The first-order valence-corrected chi connectivity index (χ1v) is 5.22. The number of nitrogens with zero attached hydrogens (tertiary/aromatic N) is 2.